The molecule has 3 heteroatoms. The Morgan fingerprint density at radius 2 is 1.90 bits per heavy atom. The van der Waals surface area contributed by atoms with Gasteiger partial charge in [-0.1, -0.05) is 25.1 Å². The summed E-state index contributed by atoms with van der Waals surface area (Å²) in [6.45, 7) is 4.29. The Hall–Kier alpha value is -1.19. The lowest BCUT2D eigenvalue weighted by Gasteiger charge is -2.11. The van der Waals surface area contributed by atoms with Crippen molar-refractivity contribution < 1.29 is 4.74 Å². The van der Waals surface area contributed by atoms with Crippen LogP contribution in [-0.4, -0.2) is 25.7 Å². The molecule has 1 N–H and O–H groups in total. The van der Waals surface area contributed by atoms with E-state index in [0.29, 0.717) is 0 Å². The molecular weight excluding hydrogens is 266 g/mol. The summed E-state index contributed by atoms with van der Waals surface area (Å²) in [5.41, 5.74) is 1.33. The molecule has 108 valence electrons. The first-order chi connectivity index (χ1) is 9.72. The van der Waals surface area contributed by atoms with Crippen LogP contribution in [0.3, 0.4) is 0 Å². The van der Waals surface area contributed by atoms with Crippen molar-refractivity contribution in [3.8, 4) is 5.75 Å². The fourth-order valence-electron chi connectivity index (χ4n) is 2.32. The fraction of sp³-hybridized carbons (Fsp3) is 0.412. The van der Waals surface area contributed by atoms with Gasteiger partial charge in [0.1, 0.15) is 5.75 Å². The van der Waals surface area contributed by atoms with Gasteiger partial charge in [0, 0.05) is 6.54 Å². The molecule has 0 aliphatic heterocycles. The predicted octanol–water partition coefficient (Wildman–Crippen LogP) is 3.94. The number of nitrogens with one attached hydrogen (secondary N) is 1. The van der Waals surface area contributed by atoms with Crippen LogP contribution in [0.5, 0.6) is 5.75 Å². The number of ether oxygens (including phenoxy) is 1. The number of fused-ring (bicyclic) bond motifs is 1. The van der Waals surface area contributed by atoms with Crippen LogP contribution < -0.4 is 10.1 Å². The first kappa shape index (κ1) is 15.2. The molecule has 0 saturated carbocycles. The molecule has 2 nitrogen and oxygen atoms in total. The van der Waals surface area contributed by atoms with Crippen molar-refractivity contribution in [3.63, 3.8) is 0 Å². The minimum absolute atomic E-state index is 0.717. The first-order valence-corrected chi connectivity index (χ1v) is 8.38. The normalized spacial score (nSPS) is 12.6. The van der Waals surface area contributed by atoms with Gasteiger partial charge in [0.25, 0.3) is 0 Å². The van der Waals surface area contributed by atoms with Crippen molar-refractivity contribution in [2.75, 3.05) is 25.7 Å². The van der Waals surface area contributed by atoms with E-state index < -0.39 is 0 Å². The smallest absolute Gasteiger partial charge is 0.119 e. The zero-order chi connectivity index (χ0) is 14.4. The highest BCUT2D eigenvalue weighted by Crippen LogP contribution is 2.21. The van der Waals surface area contributed by atoms with Crippen LogP contribution in [0.25, 0.3) is 10.8 Å². The second-order valence-corrected chi connectivity index (χ2v) is 6.15. The zero-order valence-corrected chi connectivity index (χ0v) is 13.3. The summed E-state index contributed by atoms with van der Waals surface area (Å²) >= 11 is 1.91. The molecule has 0 aliphatic carbocycles. The number of rotatable bonds is 7. The van der Waals surface area contributed by atoms with Gasteiger partial charge >= 0.3 is 0 Å². The van der Waals surface area contributed by atoms with Crippen LogP contribution >= 0.6 is 11.8 Å². The molecule has 0 bridgehead atoms. The van der Waals surface area contributed by atoms with E-state index in [1.165, 1.54) is 22.1 Å². The largest absolute Gasteiger partial charge is 0.497 e. The molecule has 0 aliphatic rings. The molecule has 2 aromatic rings. The Morgan fingerprint density at radius 3 is 2.65 bits per heavy atom. The summed E-state index contributed by atoms with van der Waals surface area (Å²) in [7, 11) is 1.70. The number of thioether (sulfide) groups is 1. The highest BCUT2D eigenvalue weighted by Gasteiger charge is 2.02. The Morgan fingerprint density at radius 1 is 1.15 bits per heavy atom. The van der Waals surface area contributed by atoms with Crippen molar-refractivity contribution in [2.24, 2.45) is 5.92 Å². The van der Waals surface area contributed by atoms with E-state index in [4.69, 9.17) is 4.74 Å². The van der Waals surface area contributed by atoms with Crippen LogP contribution in [0.15, 0.2) is 36.4 Å². The van der Waals surface area contributed by atoms with E-state index in [9.17, 15) is 0 Å². The lowest BCUT2D eigenvalue weighted by atomic mass is 10.1. The number of hydrogen-bond donors (Lipinski definition) is 1. The highest BCUT2D eigenvalue weighted by molar-refractivity contribution is 7.98. The van der Waals surface area contributed by atoms with Crippen LogP contribution in [0.1, 0.15) is 12.5 Å². The second-order valence-electron chi connectivity index (χ2n) is 5.24. The lowest BCUT2D eigenvalue weighted by Crippen LogP contribution is -2.21. The summed E-state index contributed by atoms with van der Waals surface area (Å²) < 4.78 is 5.25. The van der Waals surface area contributed by atoms with Gasteiger partial charge in [-0.2, -0.15) is 11.8 Å². The molecule has 0 fully saturated rings. The van der Waals surface area contributed by atoms with E-state index in [1.807, 2.05) is 17.8 Å². The summed E-state index contributed by atoms with van der Waals surface area (Å²) in [6.07, 6.45) is 2.16. The third kappa shape index (κ3) is 4.15. The van der Waals surface area contributed by atoms with E-state index in [2.05, 4.69) is 48.8 Å². The van der Waals surface area contributed by atoms with Gasteiger partial charge in [-0.25, -0.2) is 0 Å². The second kappa shape index (κ2) is 7.55. The summed E-state index contributed by atoms with van der Waals surface area (Å²) in [4.78, 5) is 0. The van der Waals surface area contributed by atoms with Crippen molar-refractivity contribution >= 4 is 22.5 Å². The van der Waals surface area contributed by atoms with Gasteiger partial charge in [0.2, 0.25) is 0 Å². The van der Waals surface area contributed by atoms with Crippen LogP contribution in [-0.2, 0) is 6.54 Å². The molecular formula is C17H23NOS. The SMILES string of the molecule is COc1ccc2cc(CNCC(C)CSC)ccc2c1. The summed E-state index contributed by atoms with van der Waals surface area (Å²) in [5.74, 6) is 2.84. The molecule has 1 unspecified atom stereocenters. The molecule has 0 spiro atoms. The zero-order valence-electron chi connectivity index (χ0n) is 12.5. The molecule has 20 heavy (non-hydrogen) atoms. The first-order valence-electron chi connectivity index (χ1n) is 6.99. The summed E-state index contributed by atoms with van der Waals surface area (Å²) in [6, 6.07) is 12.8. The van der Waals surface area contributed by atoms with Crippen molar-refractivity contribution in [1.82, 2.24) is 5.32 Å². The Bertz CT molecular complexity index is 556. The topological polar surface area (TPSA) is 21.3 Å². The molecule has 0 radical (unpaired) electrons. The molecule has 0 saturated heterocycles. The molecule has 2 aromatic carbocycles. The predicted molar refractivity (Wildman–Crippen MR) is 89.8 cm³/mol. The van der Waals surface area contributed by atoms with Gasteiger partial charge in [0.15, 0.2) is 0 Å². The van der Waals surface area contributed by atoms with Crippen LogP contribution in [0.4, 0.5) is 0 Å². The lowest BCUT2D eigenvalue weighted by molar-refractivity contribution is 0.415. The van der Waals surface area contributed by atoms with Crippen LogP contribution in [0.2, 0.25) is 0 Å². The van der Waals surface area contributed by atoms with Gasteiger partial charge < -0.3 is 10.1 Å². The quantitative estimate of drug-likeness (QED) is 0.834. The van der Waals surface area contributed by atoms with Crippen LogP contribution in [0, 0.1) is 5.92 Å². The Kier molecular flexibility index (Phi) is 5.74. The maximum atomic E-state index is 5.25. The molecule has 2 rings (SSSR count). The molecule has 1 atom stereocenters. The Balaban J connectivity index is 1.97. The maximum Gasteiger partial charge on any atom is 0.119 e. The van der Waals surface area contributed by atoms with Crippen molar-refractivity contribution in [1.29, 1.82) is 0 Å². The summed E-state index contributed by atoms with van der Waals surface area (Å²) in [5, 5.41) is 6.03. The molecule has 0 amide bonds. The van der Waals surface area contributed by atoms with E-state index in [-0.39, 0.29) is 0 Å². The Labute approximate surface area is 125 Å². The standard InChI is InChI=1S/C17H23NOS/c1-13(12-20-3)10-18-11-14-4-5-16-9-17(19-2)7-6-15(16)8-14/h4-9,13,18H,10-12H2,1-3H3. The maximum absolute atomic E-state index is 5.25. The van der Waals surface area contributed by atoms with Gasteiger partial charge in [-0.15, -0.1) is 0 Å². The molecule has 0 heterocycles. The molecule has 0 aromatic heterocycles. The number of benzene rings is 2. The average Bonchev–Trinajstić information content (AvgIpc) is 2.47. The third-order valence-electron chi connectivity index (χ3n) is 3.38. The number of hydrogen-bond acceptors (Lipinski definition) is 3. The van der Waals surface area contributed by atoms with Gasteiger partial charge in [-0.05, 0) is 59.0 Å². The van der Waals surface area contributed by atoms with E-state index >= 15 is 0 Å². The van der Waals surface area contributed by atoms with Gasteiger partial charge in [0.05, 0.1) is 7.11 Å². The third-order valence-corrected chi connectivity index (χ3v) is 4.29. The van der Waals surface area contributed by atoms with E-state index in [0.717, 1.165) is 24.8 Å². The highest BCUT2D eigenvalue weighted by atomic mass is 32.2. The van der Waals surface area contributed by atoms with E-state index in [1.54, 1.807) is 7.11 Å². The van der Waals surface area contributed by atoms with Crippen molar-refractivity contribution in [3.05, 3.63) is 42.0 Å². The fourth-order valence-corrected chi connectivity index (χ4v) is 3.00. The minimum atomic E-state index is 0.717. The van der Waals surface area contributed by atoms with Gasteiger partial charge in [-0.3, -0.25) is 0 Å². The monoisotopic (exact) mass is 289 g/mol. The van der Waals surface area contributed by atoms with Crippen molar-refractivity contribution in [2.45, 2.75) is 13.5 Å². The number of methoxy groups -OCH3 is 1. The minimum Gasteiger partial charge on any atom is -0.497 e. The average molecular weight is 289 g/mol.